The summed E-state index contributed by atoms with van der Waals surface area (Å²) in [5.41, 5.74) is -1.55. The first-order chi connectivity index (χ1) is 38.4. The number of esters is 12. The van der Waals surface area contributed by atoms with Gasteiger partial charge in [0.1, 0.15) is 43.9 Å². The topological polar surface area (TPSA) is 384 Å². The van der Waals surface area contributed by atoms with E-state index in [2.05, 4.69) is 4.98 Å². The molecule has 0 radical (unpaired) electrons. The lowest BCUT2D eigenvalue weighted by atomic mass is 9.97. The molecule has 0 amide bonds. The first kappa shape index (κ1) is 66.8. The van der Waals surface area contributed by atoms with E-state index in [0.29, 0.717) is 0 Å². The number of carbonyl (C=O) groups is 12. The van der Waals surface area contributed by atoms with E-state index in [9.17, 15) is 57.5 Å². The van der Waals surface area contributed by atoms with Crippen LogP contribution in [0, 0.1) is 12.9 Å². The van der Waals surface area contributed by atoms with E-state index in [0.717, 1.165) is 83.1 Å². The Bertz CT molecular complexity index is 2560. The van der Waals surface area contributed by atoms with Gasteiger partial charge < -0.3 is 85.3 Å². The standard InChI is InChI=1S/C50H64FNO30/c1-19-37(82-50-46(78-31(13)64)43(75-28(10)61)40(72-25(7)58)36(81-50)18-67-22(4)55)32(14-68-48-44(76-29(11)62)41(73-26(8)59)38(70-23(5)56)34(79-48)16-65-20(2)53)33(47(51)52-19)15-69-49-45(77-30(12)63)42(74-27(9)60)39(71-24(6)57)35(80-49)17-66-21(3)54/h34-36,38-46,48-50H,14-18H2,1-13H3/t34-,35-,36-,38-,39-,40+,41+,42+,43+,44-,45-,46-,48-,49-,50+/m1/s1. The van der Waals surface area contributed by atoms with E-state index in [1.165, 1.54) is 6.92 Å². The number of carbonyl (C=O) groups excluding carboxylic acids is 12. The van der Waals surface area contributed by atoms with E-state index >= 15 is 4.39 Å². The summed E-state index contributed by atoms with van der Waals surface area (Å²) in [6.07, 6.45) is -26.8. The molecule has 0 aromatic carbocycles. The summed E-state index contributed by atoms with van der Waals surface area (Å²) in [6.45, 7) is 8.64. The van der Waals surface area contributed by atoms with Crippen molar-refractivity contribution in [2.75, 3.05) is 19.8 Å². The summed E-state index contributed by atoms with van der Waals surface area (Å²) in [4.78, 5) is 154. The largest absolute Gasteiger partial charge is 0.463 e. The average Bonchev–Trinajstić information content (AvgIpc) is 3.34. The van der Waals surface area contributed by atoms with Crippen molar-refractivity contribution in [3.05, 3.63) is 22.8 Å². The first-order valence-electron chi connectivity index (χ1n) is 24.9. The Morgan fingerprint density at radius 1 is 0.366 bits per heavy atom. The number of rotatable bonds is 23. The summed E-state index contributed by atoms with van der Waals surface area (Å²) in [6, 6.07) is 0. The molecule has 0 aliphatic carbocycles. The molecule has 3 saturated heterocycles. The first-order valence-corrected chi connectivity index (χ1v) is 24.9. The van der Waals surface area contributed by atoms with Gasteiger partial charge in [0.05, 0.1) is 18.9 Å². The maximum atomic E-state index is 17.0. The normalized spacial score (nSPS) is 27.6. The van der Waals surface area contributed by atoms with Crippen LogP contribution in [-0.4, -0.2) is 189 Å². The van der Waals surface area contributed by atoms with Crippen molar-refractivity contribution >= 4 is 71.6 Å². The second-order valence-corrected chi connectivity index (χ2v) is 18.2. The maximum Gasteiger partial charge on any atom is 0.303 e. The van der Waals surface area contributed by atoms with Gasteiger partial charge in [0.2, 0.25) is 18.3 Å². The molecule has 4 rings (SSSR count). The van der Waals surface area contributed by atoms with Gasteiger partial charge in [-0.15, -0.1) is 0 Å². The molecule has 1 aromatic rings. The van der Waals surface area contributed by atoms with Gasteiger partial charge >= 0.3 is 71.6 Å². The number of aryl methyl sites for hydroxylation is 1. The minimum Gasteiger partial charge on any atom is -0.463 e. The van der Waals surface area contributed by atoms with E-state index < -0.39 is 220 Å². The molecule has 0 N–H and O–H groups in total. The van der Waals surface area contributed by atoms with Gasteiger partial charge in [-0.1, -0.05) is 0 Å². The number of hydrogen-bond acceptors (Lipinski definition) is 31. The lowest BCUT2D eigenvalue weighted by molar-refractivity contribution is -0.312. The molecular weight excluding hydrogens is 1110 g/mol. The summed E-state index contributed by atoms with van der Waals surface area (Å²) in [7, 11) is 0. The van der Waals surface area contributed by atoms with Gasteiger partial charge in [-0.2, -0.15) is 4.39 Å². The van der Waals surface area contributed by atoms with Gasteiger partial charge in [0.25, 0.3) is 0 Å². The van der Waals surface area contributed by atoms with Crippen molar-refractivity contribution in [2.24, 2.45) is 0 Å². The molecule has 4 heterocycles. The van der Waals surface area contributed by atoms with Crippen LogP contribution in [0.25, 0.3) is 0 Å². The third-order valence-electron chi connectivity index (χ3n) is 11.3. The van der Waals surface area contributed by atoms with Crippen LogP contribution in [0.15, 0.2) is 0 Å². The quantitative estimate of drug-likeness (QED) is 0.0802. The highest BCUT2D eigenvalue weighted by Gasteiger charge is 2.56. The van der Waals surface area contributed by atoms with Crippen LogP contribution < -0.4 is 4.74 Å². The number of halogens is 1. The molecule has 0 spiro atoms. The Kier molecular flexibility index (Phi) is 24.8. The fourth-order valence-corrected chi connectivity index (χ4v) is 8.58. The Labute approximate surface area is 466 Å². The van der Waals surface area contributed by atoms with Gasteiger partial charge in [-0.05, 0) is 6.92 Å². The molecule has 1 aromatic heterocycles. The predicted octanol–water partition coefficient (Wildman–Crippen LogP) is 0.190. The SMILES string of the molecule is CC(=O)OC[C@H]1O[C@@H](Oc2c(C)nc(F)c(CO[C@@H]3O[C@H](COC(C)=O)[C@@H](OC(C)=O)[C@H](OC(C)=O)[C@H]3OC(C)=O)c2CO[C@@H]2O[C@H](COC(C)=O)[C@@H](OC(C)=O)[C@H](OC(C)=O)[C@H]2OC(C)=O)[C@H](OC(C)=O)[C@@H](OC(C)=O)[C@H]1OC(C)=O. The molecule has 0 bridgehead atoms. The average molecular weight is 1180 g/mol. The molecule has 82 heavy (non-hydrogen) atoms. The molecule has 3 fully saturated rings. The van der Waals surface area contributed by atoms with Gasteiger partial charge in [-0.3, -0.25) is 57.5 Å². The van der Waals surface area contributed by atoms with Crippen molar-refractivity contribution in [2.45, 2.75) is 195 Å². The molecule has 3 aliphatic rings. The highest BCUT2D eigenvalue weighted by Crippen LogP contribution is 2.38. The molecule has 31 nitrogen and oxygen atoms in total. The highest BCUT2D eigenvalue weighted by molar-refractivity contribution is 5.71. The molecule has 0 unspecified atom stereocenters. The van der Waals surface area contributed by atoms with Crippen LogP contribution in [0.2, 0.25) is 0 Å². The molecular formula is C50H64FNO30. The Morgan fingerprint density at radius 3 is 0.915 bits per heavy atom. The molecule has 456 valence electrons. The molecule has 32 heteroatoms. The van der Waals surface area contributed by atoms with Gasteiger partial charge in [0, 0.05) is 94.2 Å². The van der Waals surface area contributed by atoms with Gasteiger partial charge in [0.15, 0.2) is 61.4 Å². The van der Waals surface area contributed by atoms with Crippen LogP contribution in [0.5, 0.6) is 5.75 Å². The fourth-order valence-electron chi connectivity index (χ4n) is 8.58. The fraction of sp³-hybridized carbons (Fsp3) is 0.660. The number of ether oxygens (including phenoxy) is 18. The Hall–Kier alpha value is -7.68. The Balaban J connectivity index is 2.03. The zero-order chi connectivity index (χ0) is 61.4. The second kappa shape index (κ2) is 30.4. The van der Waals surface area contributed by atoms with Crippen LogP contribution in [-0.2, 0) is 151 Å². The predicted molar refractivity (Wildman–Crippen MR) is 255 cm³/mol. The number of aromatic nitrogens is 1. The highest BCUT2D eigenvalue weighted by atomic mass is 19.1. The lowest BCUT2D eigenvalue weighted by Gasteiger charge is -2.44. The van der Waals surface area contributed by atoms with Crippen LogP contribution in [0.1, 0.15) is 99.9 Å². The van der Waals surface area contributed by atoms with E-state index in [4.69, 9.17) is 85.3 Å². The van der Waals surface area contributed by atoms with Crippen LogP contribution in [0.4, 0.5) is 4.39 Å². The lowest BCUT2D eigenvalue weighted by Crippen LogP contribution is -2.63. The zero-order valence-electron chi connectivity index (χ0n) is 46.8. The monoisotopic (exact) mass is 1180 g/mol. The molecule has 15 atom stereocenters. The van der Waals surface area contributed by atoms with E-state index in [1.54, 1.807) is 0 Å². The minimum atomic E-state index is -2.05. The maximum absolute atomic E-state index is 17.0. The Morgan fingerprint density at radius 2 is 0.622 bits per heavy atom. The number of pyridine rings is 1. The third kappa shape index (κ3) is 19.5. The van der Waals surface area contributed by atoms with Crippen molar-refractivity contribution in [3.63, 3.8) is 0 Å². The minimum absolute atomic E-state index is 0.387. The smallest absolute Gasteiger partial charge is 0.303 e. The summed E-state index contributed by atoms with van der Waals surface area (Å²) in [5.74, 6) is -13.6. The summed E-state index contributed by atoms with van der Waals surface area (Å²) in [5, 5.41) is 0. The number of hydrogen-bond donors (Lipinski definition) is 0. The summed E-state index contributed by atoms with van der Waals surface area (Å²) >= 11 is 0. The van der Waals surface area contributed by atoms with E-state index in [-0.39, 0.29) is 5.69 Å². The van der Waals surface area contributed by atoms with Crippen molar-refractivity contribution in [3.8, 4) is 5.75 Å². The second-order valence-electron chi connectivity index (χ2n) is 18.2. The zero-order valence-corrected chi connectivity index (χ0v) is 46.8. The summed E-state index contributed by atoms with van der Waals surface area (Å²) < 4.78 is 119. The molecule has 0 saturated carbocycles. The van der Waals surface area contributed by atoms with Gasteiger partial charge in [-0.25, -0.2) is 4.98 Å². The van der Waals surface area contributed by atoms with Crippen molar-refractivity contribution in [1.29, 1.82) is 0 Å². The van der Waals surface area contributed by atoms with E-state index in [1.807, 2.05) is 0 Å². The van der Waals surface area contributed by atoms with Crippen molar-refractivity contribution < 1.29 is 147 Å². The van der Waals surface area contributed by atoms with Crippen LogP contribution in [0.3, 0.4) is 0 Å². The third-order valence-corrected chi connectivity index (χ3v) is 11.3. The van der Waals surface area contributed by atoms with Crippen molar-refractivity contribution in [1.82, 2.24) is 4.98 Å². The number of nitrogens with zero attached hydrogens (tertiary/aromatic N) is 1. The molecule has 3 aliphatic heterocycles. The van der Waals surface area contributed by atoms with Crippen LogP contribution >= 0.6 is 0 Å².